The molecule has 0 saturated heterocycles. The minimum Gasteiger partial charge on any atom is -0.492 e. The fourth-order valence-electron chi connectivity index (χ4n) is 2.59. The first-order valence-electron chi connectivity index (χ1n) is 7.19. The second kappa shape index (κ2) is 6.70. The Morgan fingerprint density at radius 2 is 1.95 bits per heavy atom. The molecule has 2 rings (SSSR count). The second-order valence-corrected chi connectivity index (χ2v) is 5.57. The van der Waals surface area contributed by atoms with Gasteiger partial charge in [0.25, 0.3) is 0 Å². The molecule has 1 heterocycles. The van der Waals surface area contributed by atoms with Crippen LogP contribution in [0.5, 0.6) is 5.75 Å². The third-order valence-corrected chi connectivity index (χ3v) is 3.78. The zero-order valence-corrected chi connectivity index (χ0v) is 12.8. The van der Waals surface area contributed by atoms with Gasteiger partial charge < -0.3 is 4.74 Å². The molecule has 1 atom stereocenters. The highest BCUT2D eigenvalue weighted by Gasteiger charge is 2.32. The topological polar surface area (TPSA) is 60.2 Å². The van der Waals surface area contributed by atoms with Crippen LogP contribution in [0.15, 0.2) is 48.8 Å². The van der Waals surface area contributed by atoms with Crippen molar-refractivity contribution in [3.8, 4) is 5.75 Å². The summed E-state index contributed by atoms with van der Waals surface area (Å²) in [6, 6.07) is 12.3. The number of rotatable bonds is 6. The lowest BCUT2D eigenvalue weighted by atomic mass is 9.75. The van der Waals surface area contributed by atoms with Crippen LogP contribution in [0.4, 0.5) is 0 Å². The molecule has 2 aromatic rings. The van der Waals surface area contributed by atoms with E-state index in [-0.39, 0.29) is 11.5 Å². The van der Waals surface area contributed by atoms with Gasteiger partial charge in [0.05, 0.1) is 18.8 Å². The first-order chi connectivity index (χ1) is 10.1. The quantitative estimate of drug-likeness (QED) is 0.633. The molecule has 4 nitrogen and oxygen atoms in total. The Bertz CT molecular complexity index is 569. The summed E-state index contributed by atoms with van der Waals surface area (Å²) in [7, 11) is 0. The first-order valence-corrected chi connectivity index (χ1v) is 7.19. The van der Waals surface area contributed by atoms with Gasteiger partial charge in [-0.15, -0.1) is 0 Å². The Labute approximate surface area is 126 Å². The molecular weight excluding hydrogens is 262 g/mol. The van der Waals surface area contributed by atoms with Crippen LogP contribution >= 0.6 is 0 Å². The predicted molar refractivity (Wildman–Crippen MR) is 84.9 cm³/mol. The number of ether oxygens (including phenoxy) is 1. The number of nitrogens with two attached hydrogens (primary N) is 1. The smallest absolute Gasteiger partial charge is 0.137 e. The molecule has 0 aliphatic heterocycles. The molecule has 1 unspecified atom stereocenters. The first kappa shape index (κ1) is 15.5. The molecular formula is C17H23N3O. The Balaban J connectivity index is 2.37. The van der Waals surface area contributed by atoms with Gasteiger partial charge in [0.1, 0.15) is 5.75 Å². The maximum Gasteiger partial charge on any atom is 0.137 e. The number of hydrazine groups is 1. The van der Waals surface area contributed by atoms with Crippen LogP contribution in [0.2, 0.25) is 0 Å². The molecule has 0 saturated carbocycles. The van der Waals surface area contributed by atoms with Crippen LogP contribution in [-0.4, -0.2) is 11.6 Å². The number of aromatic nitrogens is 1. The van der Waals surface area contributed by atoms with E-state index in [1.807, 2.05) is 37.4 Å². The molecule has 3 N–H and O–H groups in total. The van der Waals surface area contributed by atoms with Gasteiger partial charge in [-0.1, -0.05) is 44.2 Å². The molecule has 4 heteroatoms. The molecule has 0 radical (unpaired) electrons. The number of pyridine rings is 1. The van der Waals surface area contributed by atoms with Gasteiger partial charge in [-0.3, -0.25) is 16.3 Å². The molecule has 0 amide bonds. The largest absolute Gasteiger partial charge is 0.492 e. The standard InChI is InChI=1S/C17H23N3O/c1-4-21-15-10-13(11-19-12-15)16(20-18)17(2,3)14-8-6-5-7-9-14/h5-12,16,20H,4,18H2,1-3H3. The fourth-order valence-corrected chi connectivity index (χ4v) is 2.59. The van der Waals surface area contributed by atoms with E-state index in [2.05, 4.69) is 36.4 Å². The Hall–Kier alpha value is -1.91. The summed E-state index contributed by atoms with van der Waals surface area (Å²) in [6.45, 7) is 6.91. The molecule has 112 valence electrons. The zero-order valence-electron chi connectivity index (χ0n) is 12.8. The Morgan fingerprint density at radius 3 is 2.57 bits per heavy atom. The lowest BCUT2D eigenvalue weighted by Crippen LogP contribution is -2.41. The highest BCUT2D eigenvalue weighted by molar-refractivity contribution is 5.33. The monoisotopic (exact) mass is 285 g/mol. The van der Waals surface area contributed by atoms with Crippen LogP contribution in [0, 0.1) is 0 Å². The third-order valence-electron chi connectivity index (χ3n) is 3.78. The van der Waals surface area contributed by atoms with Crippen LogP contribution in [0.1, 0.15) is 37.9 Å². The van der Waals surface area contributed by atoms with Crippen molar-refractivity contribution in [1.82, 2.24) is 10.4 Å². The number of hydrogen-bond donors (Lipinski definition) is 2. The highest BCUT2D eigenvalue weighted by atomic mass is 16.5. The Morgan fingerprint density at radius 1 is 1.24 bits per heavy atom. The second-order valence-electron chi connectivity index (χ2n) is 5.57. The van der Waals surface area contributed by atoms with Gasteiger partial charge in [-0.2, -0.15) is 0 Å². The minimum atomic E-state index is -0.178. The van der Waals surface area contributed by atoms with E-state index >= 15 is 0 Å². The van der Waals surface area contributed by atoms with Gasteiger partial charge in [0, 0.05) is 11.6 Å². The summed E-state index contributed by atoms with van der Waals surface area (Å²) >= 11 is 0. The van der Waals surface area contributed by atoms with E-state index in [4.69, 9.17) is 10.6 Å². The van der Waals surface area contributed by atoms with Crippen LogP contribution in [0.3, 0.4) is 0 Å². The number of hydrogen-bond acceptors (Lipinski definition) is 4. The summed E-state index contributed by atoms with van der Waals surface area (Å²) in [6.07, 6.45) is 3.55. The van der Waals surface area contributed by atoms with E-state index in [0.717, 1.165) is 11.3 Å². The van der Waals surface area contributed by atoms with E-state index in [1.54, 1.807) is 6.20 Å². The maximum atomic E-state index is 5.83. The summed E-state index contributed by atoms with van der Waals surface area (Å²) in [5.74, 6) is 6.60. The van der Waals surface area contributed by atoms with Gasteiger partial charge in [0.2, 0.25) is 0 Å². The van der Waals surface area contributed by atoms with Crippen molar-refractivity contribution in [2.45, 2.75) is 32.2 Å². The lowest BCUT2D eigenvalue weighted by molar-refractivity contribution is 0.331. The molecule has 1 aromatic carbocycles. The van der Waals surface area contributed by atoms with Crippen molar-refractivity contribution < 1.29 is 4.74 Å². The van der Waals surface area contributed by atoms with Crippen molar-refractivity contribution in [2.24, 2.45) is 5.84 Å². The molecule has 0 bridgehead atoms. The fraction of sp³-hybridized carbons (Fsp3) is 0.353. The summed E-state index contributed by atoms with van der Waals surface area (Å²) in [4.78, 5) is 4.26. The zero-order chi connectivity index (χ0) is 15.3. The summed E-state index contributed by atoms with van der Waals surface area (Å²) in [5, 5.41) is 0. The van der Waals surface area contributed by atoms with Crippen LogP contribution < -0.4 is 16.0 Å². The SMILES string of the molecule is CCOc1cncc(C(NN)C(C)(C)c2ccccc2)c1. The molecule has 0 spiro atoms. The minimum absolute atomic E-state index is 0.0622. The van der Waals surface area contributed by atoms with E-state index < -0.39 is 0 Å². The predicted octanol–water partition coefficient (Wildman–Crippen LogP) is 2.96. The summed E-state index contributed by atoms with van der Waals surface area (Å²) in [5.41, 5.74) is 4.98. The van der Waals surface area contributed by atoms with Crippen molar-refractivity contribution >= 4 is 0 Å². The summed E-state index contributed by atoms with van der Waals surface area (Å²) < 4.78 is 5.53. The normalized spacial score (nSPS) is 13.0. The molecule has 0 fully saturated rings. The van der Waals surface area contributed by atoms with E-state index in [0.29, 0.717) is 6.61 Å². The van der Waals surface area contributed by atoms with Gasteiger partial charge in [-0.25, -0.2) is 0 Å². The van der Waals surface area contributed by atoms with Crippen molar-refractivity contribution in [1.29, 1.82) is 0 Å². The van der Waals surface area contributed by atoms with Crippen molar-refractivity contribution in [3.05, 3.63) is 59.9 Å². The Kier molecular flexibility index (Phi) is 4.94. The van der Waals surface area contributed by atoms with Crippen LogP contribution in [0.25, 0.3) is 0 Å². The van der Waals surface area contributed by atoms with E-state index in [9.17, 15) is 0 Å². The van der Waals surface area contributed by atoms with Gasteiger partial charge in [-0.05, 0) is 24.1 Å². The van der Waals surface area contributed by atoms with Gasteiger partial charge >= 0.3 is 0 Å². The average molecular weight is 285 g/mol. The average Bonchev–Trinajstić information content (AvgIpc) is 2.49. The molecule has 21 heavy (non-hydrogen) atoms. The van der Waals surface area contributed by atoms with Crippen LogP contribution in [-0.2, 0) is 5.41 Å². The third kappa shape index (κ3) is 3.40. The molecule has 1 aromatic heterocycles. The molecule has 0 aliphatic carbocycles. The maximum absolute atomic E-state index is 5.83. The van der Waals surface area contributed by atoms with E-state index in [1.165, 1.54) is 5.56 Å². The number of benzene rings is 1. The molecule has 0 aliphatic rings. The number of nitrogens with zero attached hydrogens (tertiary/aromatic N) is 1. The number of nitrogens with one attached hydrogen (secondary N) is 1. The highest BCUT2D eigenvalue weighted by Crippen LogP contribution is 2.36. The van der Waals surface area contributed by atoms with Crippen molar-refractivity contribution in [2.75, 3.05) is 6.61 Å². The van der Waals surface area contributed by atoms with Gasteiger partial charge in [0.15, 0.2) is 0 Å². The van der Waals surface area contributed by atoms with Crippen molar-refractivity contribution in [3.63, 3.8) is 0 Å². The lowest BCUT2D eigenvalue weighted by Gasteiger charge is -2.34.